The molecule has 5 nitrogen and oxygen atoms in total. The quantitative estimate of drug-likeness (QED) is 0.332. The van der Waals surface area contributed by atoms with Crippen molar-refractivity contribution in [1.29, 1.82) is 0 Å². The summed E-state index contributed by atoms with van der Waals surface area (Å²) in [5.74, 6) is 0. The maximum Gasteiger partial charge on any atom is 0.0570 e. The fourth-order valence-electron chi connectivity index (χ4n) is 2.98. The van der Waals surface area contributed by atoms with Crippen LogP contribution in [0, 0.1) is 0 Å². The van der Waals surface area contributed by atoms with Gasteiger partial charge in [0.1, 0.15) is 0 Å². The van der Waals surface area contributed by atoms with E-state index < -0.39 is 0 Å². The highest BCUT2D eigenvalue weighted by atomic mass is 16.3. The molecule has 0 radical (unpaired) electrons. The van der Waals surface area contributed by atoms with Crippen LogP contribution in [0.1, 0.15) is 32.1 Å². The first-order chi connectivity index (χ1) is 7.31. The zero-order valence-corrected chi connectivity index (χ0v) is 8.92. The first-order valence-corrected chi connectivity index (χ1v) is 5.76. The second-order valence-corrected chi connectivity index (χ2v) is 4.56. The molecule has 2 bridgehead atoms. The van der Waals surface area contributed by atoms with Gasteiger partial charge in [-0.3, -0.25) is 4.90 Å². The summed E-state index contributed by atoms with van der Waals surface area (Å²) in [7, 11) is 0. The standard InChI is InChI=1S/C10H18N4O/c11-13-12-4-1-5-14-8-2-3-9(14)7-10(15)6-8/h8-10,15H,1-7H2. The second kappa shape index (κ2) is 4.84. The molecule has 1 N–H and O–H groups in total. The van der Waals surface area contributed by atoms with Gasteiger partial charge in [-0.05, 0) is 44.2 Å². The molecule has 0 aliphatic carbocycles. The number of nitrogens with zero attached hydrogens (tertiary/aromatic N) is 4. The minimum atomic E-state index is -0.0871. The van der Waals surface area contributed by atoms with Crippen molar-refractivity contribution >= 4 is 0 Å². The van der Waals surface area contributed by atoms with Crippen LogP contribution in [0.4, 0.5) is 0 Å². The summed E-state index contributed by atoms with van der Waals surface area (Å²) < 4.78 is 0. The first kappa shape index (κ1) is 10.7. The summed E-state index contributed by atoms with van der Waals surface area (Å²) in [6, 6.07) is 1.15. The Balaban J connectivity index is 1.80. The number of fused-ring (bicyclic) bond motifs is 2. The van der Waals surface area contributed by atoms with Crippen LogP contribution in [0.3, 0.4) is 0 Å². The highest BCUT2D eigenvalue weighted by Crippen LogP contribution is 2.35. The maximum absolute atomic E-state index is 9.62. The van der Waals surface area contributed by atoms with Crippen molar-refractivity contribution in [3.8, 4) is 0 Å². The largest absolute Gasteiger partial charge is 0.393 e. The molecule has 0 amide bonds. The van der Waals surface area contributed by atoms with Crippen LogP contribution in [0.2, 0.25) is 0 Å². The van der Waals surface area contributed by atoms with E-state index in [1.807, 2.05) is 0 Å². The van der Waals surface area contributed by atoms with Gasteiger partial charge < -0.3 is 5.11 Å². The topological polar surface area (TPSA) is 72.2 Å². The molecule has 0 spiro atoms. The summed E-state index contributed by atoms with van der Waals surface area (Å²) in [5, 5.41) is 13.2. The third kappa shape index (κ3) is 2.43. The maximum atomic E-state index is 9.62. The molecule has 2 saturated heterocycles. The van der Waals surface area contributed by atoms with E-state index in [4.69, 9.17) is 5.53 Å². The SMILES string of the molecule is [N-]=[N+]=NCCCN1C2CCC1CC(O)C2. The first-order valence-electron chi connectivity index (χ1n) is 5.76. The number of azide groups is 1. The molecule has 2 heterocycles. The predicted octanol–water partition coefficient (Wildman–Crippen LogP) is 1.67. The number of piperidine rings is 1. The number of aliphatic hydroxyl groups excluding tert-OH is 1. The van der Waals surface area contributed by atoms with Crippen LogP contribution < -0.4 is 0 Å². The molecule has 2 fully saturated rings. The molecule has 2 rings (SSSR count). The van der Waals surface area contributed by atoms with Crippen molar-refractivity contribution in [2.75, 3.05) is 13.1 Å². The van der Waals surface area contributed by atoms with Crippen molar-refractivity contribution in [2.45, 2.75) is 50.3 Å². The van der Waals surface area contributed by atoms with Crippen LogP contribution >= 0.6 is 0 Å². The van der Waals surface area contributed by atoms with Crippen molar-refractivity contribution in [2.24, 2.45) is 5.11 Å². The molecule has 2 aliphatic heterocycles. The van der Waals surface area contributed by atoms with Crippen LogP contribution in [0.15, 0.2) is 5.11 Å². The Hall–Kier alpha value is -0.770. The minimum Gasteiger partial charge on any atom is -0.393 e. The van der Waals surface area contributed by atoms with Crippen molar-refractivity contribution in [1.82, 2.24) is 4.90 Å². The normalized spacial score (nSPS) is 35.1. The molecular formula is C10H18N4O. The Morgan fingerprint density at radius 1 is 1.33 bits per heavy atom. The molecule has 2 atom stereocenters. The number of rotatable bonds is 4. The van der Waals surface area contributed by atoms with Gasteiger partial charge in [-0.2, -0.15) is 0 Å². The van der Waals surface area contributed by atoms with Gasteiger partial charge in [-0.1, -0.05) is 5.11 Å². The number of aliphatic hydroxyl groups is 1. The fraction of sp³-hybridized carbons (Fsp3) is 1.00. The summed E-state index contributed by atoms with van der Waals surface area (Å²) in [5.41, 5.74) is 8.17. The molecule has 15 heavy (non-hydrogen) atoms. The third-order valence-electron chi connectivity index (χ3n) is 3.60. The lowest BCUT2D eigenvalue weighted by Crippen LogP contribution is -2.45. The average Bonchev–Trinajstić information content (AvgIpc) is 2.46. The van der Waals surface area contributed by atoms with Gasteiger partial charge in [0.05, 0.1) is 6.10 Å². The zero-order valence-electron chi connectivity index (χ0n) is 8.92. The van der Waals surface area contributed by atoms with Gasteiger partial charge in [0.25, 0.3) is 0 Å². The van der Waals surface area contributed by atoms with Gasteiger partial charge in [-0.15, -0.1) is 0 Å². The molecular weight excluding hydrogens is 192 g/mol. The average molecular weight is 210 g/mol. The summed E-state index contributed by atoms with van der Waals surface area (Å²) in [4.78, 5) is 5.25. The highest BCUT2D eigenvalue weighted by Gasteiger charge is 2.39. The molecule has 2 aliphatic rings. The van der Waals surface area contributed by atoms with Gasteiger partial charge in [0.15, 0.2) is 0 Å². The number of hydrogen-bond donors (Lipinski definition) is 1. The van der Waals surface area contributed by atoms with Crippen molar-refractivity contribution in [3.63, 3.8) is 0 Å². The lowest BCUT2D eigenvalue weighted by Gasteiger charge is -2.37. The number of hydrogen-bond acceptors (Lipinski definition) is 3. The lowest BCUT2D eigenvalue weighted by atomic mass is 10.00. The third-order valence-corrected chi connectivity index (χ3v) is 3.60. The summed E-state index contributed by atoms with van der Waals surface area (Å²) in [6.07, 6.45) is 5.16. The van der Waals surface area contributed by atoms with Crippen LogP contribution in [0.5, 0.6) is 0 Å². The van der Waals surface area contributed by atoms with Crippen LogP contribution in [0.25, 0.3) is 10.4 Å². The minimum absolute atomic E-state index is 0.0871. The Labute approximate surface area is 89.7 Å². The predicted molar refractivity (Wildman–Crippen MR) is 57.4 cm³/mol. The molecule has 0 aromatic carbocycles. The van der Waals surface area contributed by atoms with E-state index in [2.05, 4.69) is 14.9 Å². The van der Waals surface area contributed by atoms with E-state index in [-0.39, 0.29) is 6.10 Å². The smallest absolute Gasteiger partial charge is 0.0570 e. The van der Waals surface area contributed by atoms with E-state index in [1.165, 1.54) is 12.8 Å². The monoisotopic (exact) mass is 210 g/mol. The lowest BCUT2D eigenvalue weighted by molar-refractivity contribution is 0.0353. The van der Waals surface area contributed by atoms with Gasteiger partial charge in [0.2, 0.25) is 0 Å². The van der Waals surface area contributed by atoms with E-state index in [0.717, 1.165) is 25.8 Å². The van der Waals surface area contributed by atoms with Crippen LogP contribution in [-0.2, 0) is 0 Å². The molecule has 0 aromatic heterocycles. The molecule has 0 aromatic rings. The molecule has 0 saturated carbocycles. The Kier molecular flexibility index (Phi) is 3.46. The molecule has 84 valence electrons. The van der Waals surface area contributed by atoms with Gasteiger partial charge in [0, 0.05) is 23.5 Å². The van der Waals surface area contributed by atoms with E-state index in [1.54, 1.807) is 0 Å². The summed E-state index contributed by atoms with van der Waals surface area (Å²) in [6.45, 7) is 1.61. The zero-order chi connectivity index (χ0) is 10.7. The van der Waals surface area contributed by atoms with Crippen LogP contribution in [-0.4, -0.2) is 41.3 Å². The van der Waals surface area contributed by atoms with E-state index >= 15 is 0 Å². The Bertz CT molecular complexity index is 250. The highest BCUT2D eigenvalue weighted by molar-refractivity contribution is 4.94. The second-order valence-electron chi connectivity index (χ2n) is 4.56. The van der Waals surface area contributed by atoms with Crippen molar-refractivity contribution < 1.29 is 5.11 Å². The van der Waals surface area contributed by atoms with Gasteiger partial charge in [-0.25, -0.2) is 0 Å². The van der Waals surface area contributed by atoms with Crippen molar-refractivity contribution in [3.05, 3.63) is 10.4 Å². The Morgan fingerprint density at radius 2 is 2.00 bits per heavy atom. The molecule has 2 unspecified atom stereocenters. The summed E-state index contributed by atoms with van der Waals surface area (Å²) >= 11 is 0. The molecule has 5 heteroatoms. The Morgan fingerprint density at radius 3 is 2.60 bits per heavy atom. The van der Waals surface area contributed by atoms with E-state index in [9.17, 15) is 5.11 Å². The van der Waals surface area contributed by atoms with Gasteiger partial charge >= 0.3 is 0 Å². The van der Waals surface area contributed by atoms with E-state index in [0.29, 0.717) is 18.6 Å². The fourth-order valence-corrected chi connectivity index (χ4v) is 2.98.